The van der Waals surface area contributed by atoms with Gasteiger partial charge in [-0.1, -0.05) is 45.9 Å². The van der Waals surface area contributed by atoms with Crippen LogP contribution in [0.4, 0.5) is 5.69 Å². The van der Waals surface area contributed by atoms with Gasteiger partial charge in [-0.25, -0.2) is 0 Å². The lowest BCUT2D eigenvalue weighted by molar-refractivity contribution is -0.113. The molecule has 3 aromatic rings. The van der Waals surface area contributed by atoms with Crippen LogP contribution in [0.15, 0.2) is 62.6 Å². The first-order chi connectivity index (χ1) is 12.6. The summed E-state index contributed by atoms with van der Waals surface area (Å²) in [6.45, 7) is 2.15. The number of aryl methyl sites for hydroxylation is 1. The van der Waals surface area contributed by atoms with Gasteiger partial charge in [0, 0.05) is 10.2 Å². The van der Waals surface area contributed by atoms with Crippen LogP contribution >= 0.6 is 27.7 Å². The van der Waals surface area contributed by atoms with E-state index in [-0.39, 0.29) is 18.3 Å². The maximum atomic E-state index is 12.0. The standard InChI is InChI=1S/C18H16BrN3O3S/c1-12-4-2-3-5-15(12)24-10-17-21-22-18(25-17)26-11-16(23)20-14-8-6-13(19)7-9-14/h2-9H,10-11H2,1H3,(H,20,23). The van der Waals surface area contributed by atoms with Gasteiger partial charge in [-0.15, -0.1) is 10.2 Å². The number of carbonyl (C=O) groups excluding carboxylic acids is 1. The van der Waals surface area contributed by atoms with Crippen LogP contribution < -0.4 is 10.1 Å². The van der Waals surface area contributed by atoms with Crippen molar-refractivity contribution in [3.8, 4) is 5.75 Å². The van der Waals surface area contributed by atoms with Crippen LogP contribution in [-0.4, -0.2) is 21.9 Å². The number of ether oxygens (including phenoxy) is 1. The number of benzene rings is 2. The Hall–Kier alpha value is -2.32. The van der Waals surface area contributed by atoms with Crippen molar-refractivity contribution in [1.29, 1.82) is 0 Å². The van der Waals surface area contributed by atoms with Gasteiger partial charge in [0.05, 0.1) is 5.75 Å². The number of nitrogens with one attached hydrogen (secondary N) is 1. The summed E-state index contributed by atoms with van der Waals surface area (Å²) >= 11 is 4.53. The van der Waals surface area contributed by atoms with Gasteiger partial charge in [0.1, 0.15) is 5.75 Å². The number of aromatic nitrogens is 2. The van der Waals surface area contributed by atoms with Crippen molar-refractivity contribution in [1.82, 2.24) is 10.2 Å². The molecule has 0 spiro atoms. The minimum Gasteiger partial charge on any atom is -0.484 e. The van der Waals surface area contributed by atoms with E-state index in [0.29, 0.717) is 11.1 Å². The summed E-state index contributed by atoms with van der Waals surface area (Å²) < 4.78 is 12.1. The number of halogens is 1. The van der Waals surface area contributed by atoms with Crippen LogP contribution in [0.1, 0.15) is 11.5 Å². The molecule has 1 aromatic heterocycles. The largest absolute Gasteiger partial charge is 0.484 e. The molecule has 3 rings (SSSR count). The van der Waals surface area contributed by atoms with E-state index in [2.05, 4.69) is 31.4 Å². The number of thioether (sulfide) groups is 1. The lowest BCUT2D eigenvalue weighted by Crippen LogP contribution is -2.13. The third-order valence-corrected chi connectivity index (χ3v) is 4.69. The van der Waals surface area contributed by atoms with Crippen LogP contribution in [0, 0.1) is 6.92 Å². The molecule has 26 heavy (non-hydrogen) atoms. The normalized spacial score (nSPS) is 10.5. The highest BCUT2D eigenvalue weighted by Crippen LogP contribution is 2.20. The summed E-state index contributed by atoms with van der Waals surface area (Å²) in [5, 5.41) is 11.0. The summed E-state index contributed by atoms with van der Waals surface area (Å²) in [6, 6.07) is 15.1. The van der Waals surface area contributed by atoms with E-state index in [0.717, 1.165) is 21.5 Å². The van der Waals surface area contributed by atoms with Gasteiger partial charge in [-0.05, 0) is 42.8 Å². The van der Waals surface area contributed by atoms with Crippen LogP contribution in [-0.2, 0) is 11.4 Å². The first-order valence-corrected chi connectivity index (χ1v) is 9.57. The first-order valence-electron chi connectivity index (χ1n) is 7.79. The van der Waals surface area contributed by atoms with E-state index in [1.165, 1.54) is 11.8 Å². The third-order valence-electron chi connectivity index (χ3n) is 3.35. The number of hydrogen-bond acceptors (Lipinski definition) is 6. The highest BCUT2D eigenvalue weighted by molar-refractivity contribution is 9.10. The average molecular weight is 434 g/mol. The van der Waals surface area contributed by atoms with E-state index >= 15 is 0 Å². The van der Waals surface area contributed by atoms with Crippen molar-refractivity contribution in [3.63, 3.8) is 0 Å². The molecule has 0 saturated heterocycles. The first kappa shape index (κ1) is 18.5. The Labute approximate surface area is 163 Å². The fourth-order valence-corrected chi connectivity index (χ4v) is 2.92. The predicted octanol–water partition coefficient (Wildman–Crippen LogP) is 4.45. The molecule has 0 bridgehead atoms. The number of rotatable bonds is 7. The topological polar surface area (TPSA) is 77.2 Å². The Morgan fingerprint density at radius 1 is 1.19 bits per heavy atom. The van der Waals surface area contributed by atoms with Gasteiger partial charge in [-0.3, -0.25) is 4.79 Å². The van der Waals surface area contributed by atoms with Crippen molar-refractivity contribution < 1.29 is 13.9 Å². The smallest absolute Gasteiger partial charge is 0.277 e. The van der Waals surface area contributed by atoms with E-state index in [9.17, 15) is 4.79 Å². The summed E-state index contributed by atoms with van der Waals surface area (Å²) in [5.41, 5.74) is 1.77. The van der Waals surface area contributed by atoms with E-state index in [1.807, 2.05) is 55.5 Å². The second-order valence-electron chi connectivity index (χ2n) is 5.36. The second kappa shape index (κ2) is 8.86. The molecule has 134 valence electrons. The molecule has 0 fully saturated rings. The minimum absolute atomic E-state index is 0.145. The Morgan fingerprint density at radius 3 is 2.73 bits per heavy atom. The van der Waals surface area contributed by atoms with Crippen molar-refractivity contribution in [2.75, 3.05) is 11.1 Å². The van der Waals surface area contributed by atoms with Crippen LogP contribution in [0.2, 0.25) is 0 Å². The fourth-order valence-electron chi connectivity index (χ4n) is 2.07. The van der Waals surface area contributed by atoms with Gasteiger partial charge in [-0.2, -0.15) is 0 Å². The maximum Gasteiger partial charge on any atom is 0.277 e. The van der Waals surface area contributed by atoms with Crippen molar-refractivity contribution in [2.45, 2.75) is 18.8 Å². The van der Waals surface area contributed by atoms with Crippen molar-refractivity contribution in [2.24, 2.45) is 0 Å². The zero-order chi connectivity index (χ0) is 18.4. The minimum atomic E-state index is -0.145. The van der Waals surface area contributed by atoms with Crippen LogP contribution in [0.3, 0.4) is 0 Å². The highest BCUT2D eigenvalue weighted by atomic mass is 79.9. The number of nitrogens with zero attached hydrogens (tertiary/aromatic N) is 2. The molecule has 1 N–H and O–H groups in total. The molecule has 1 amide bonds. The number of amides is 1. The number of anilines is 1. The monoisotopic (exact) mass is 433 g/mol. The summed E-state index contributed by atoms with van der Waals surface area (Å²) in [6.07, 6.45) is 0. The third kappa shape index (κ3) is 5.34. The molecule has 0 aliphatic carbocycles. The lowest BCUT2D eigenvalue weighted by Gasteiger charge is -2.05. The van der Waals surface area contributed by atoms with Crippen molar-refractivity contribution >= 4 is 39.3 Å². The van der Waals surface area contributed by atoms with E-state index in [1.54, 1.807) is 0 Å². The molecule has 0 saturated carbocycles. The van der Waals surface area contributed by atoms with E-state index < -0.39 is 0 Å². The van der Waals surface area contributed by atoms with Crippen LogP contribution in [0.5, 0.6) is 5.75 Å². The molecule has 1 heterocycles. The number of para-hydroxylation sites is 1. The van der Waals surface area contributed by atoms with Gasteiger partial charge >= 0.3 is 0 Å². The highest BCUT2D eigenvalue weighted by Gasteiger charge is 2.11. The quantitative estimate of drug-likeness (QED) is 0.554. The SMILES string of the molecule is Cc1ccccc1OCc1nnc(SCC(=O)Nc2ccc(Br)cc2)o1. The van der Waals surface area contributed by atoms with Gasteiger partial charge in [0.25, 0.3) is 11.1 Å². The Bertz CT molecular complexity index is 883. The predicted molar refractivity (Wildman–Crippen MR) is 103 cm³/mol. The Balaban J connectivity index is 1.46. The molecule has 0 aliphatic rings. The van der Waals surface area contributed by atoms with E-state index in [4.69, 9.17) is 9.15 Å². The average Bonchev–Trinajstić information content (AvgIpc) is 3.09. The summed E-state index contributed by atoms with van der Waals surface area (Å²) in [4.78, 5) is 12.0. The lowest BCUT2D eigenvalue weighted by atomic mass is 10.2. The molecule has 0 aliphatic heterocycles. The molecule has 0 atom stereocenters. The Morgan fingerprint density at radius 2 is 1.96 bits per heavy atom. The maximum absolute atomic E-state index is 12.0. The van der Waals surface area contributed by atoms with Gasteiger partial charge < -0.3 is 14.5 Å². The van der Waals surface area contributed by atoms with Crippen molar-refractivity contribution in [3.05, 3.63) is 64.5 Å². The van der Waals surface area contributed by atoms with Gasteiger partial charge in [0.2, 0.25) is 5.91 Å². The molecule has 0 radical (unpaired) electrons. The summed E-state index contributed by atoms with van der Waals surface area (Å²) in [5.74, 6) is 1.17. The fraction of sp³-hybridized carbons (Fsp3) is 0.167. The molecule has 2 aromatic carbocycles. The zero-order valence-corrected chi connectivity index (χ0v) is 16.3. The molecule has 0 unspecified atom stereocenters. The molecule has 6 nitrogen and oxygen atoms in total. The number of carbonyl (C=O) groups is 1. The van der Waals surface area contributed by atoms with Gasteiger partial charge in [0.15, 0.2) is 6.61 Å². The number of hydrogen-bond donors (Lipinski definition) is 1. The second-order valence-corrected chi connectivity index (χ2v) is 7.20. The molecular formula is C18H16BrN3O3S. The van der Waals surface area contributed by atoms with Crippen LogP contribution in [0.25, 0.3) is 0 Å². The molecule has 8 heteroatoms. The summed E-state index contributed by atoms with van der Waals surface area (Å²) in [7, 11) is 0. The molecular weight excluding hydrogens is 418 g/mol. The Kier molecular flexibility index (Phi) is 6.30. The zero-order valence-electron chi connectivity index (χ0n) is 13.9.